The van der Waals surface area contributed by atoms with Gasteiger partial charge in [0, 0.05) is 48.2 Å². The molecule has 0 saturated carbocycles. The summed E-state index contributed by atoms with van der Waals surface area (Å²) in [7, 11) is 0. The molecule has 1 aromatic carbocycles. The summed E-state index contributed by atoms with van der Waals surface area (Å²) in [5.41, 5.74) is 1.98. The molecule has 0 fully saturated rings. The molecule has 2 aromatic heterocycles. The first-order chi connectivity index (χ1) is 9.65. The predicted molar refractivity (Wildman–Crippen MR) is 76.9 cm³/mol. The van der Waals surface area contributed by atoms with Crippen molar-refractivity contribution >= 4 is 28.2 Å². The van der Waals surface area contributed by atoms with Gasteiger partial charge in [0.1, 0.15) is 0 Å². The Morgan fingerprint density at radius 3 is 2.90 bits per heavy atom. The molecular weight excluding hydrogens is 278 g/mol. The lowest BCUT2D eigenvalue weighted by molar-refractivity contribution is -0.384. The second-order valence-electron chi connectivity index (χ2n) is 4.41. The first-order valence-electron chi connectivity index (χ1n) is 5.97. The van der Waals surface area contributed by atoms with Crippen LogP contribution in [0.5, 0.6) is 0 Å². The molecule has 0 atom stereocenters. The molecule has 6 heteroatoms. The van der Waals surface area contributed by atoms with Gasteiger partial charge >= 0.3 is 0 Å². The van der Waals surface area contributed by atoms with Gasteiger partial charge in [-0.25, -0.2) is 0 Å². The zero-order valence-electron chi connectivity index (χ0n) is 10.4. The number of benzene rings is 1. The minimum atomic E-state index is -0.392. The van der Waals surface area contributed by atoms with Crippen molar-refractivity contribution in [3.63, 3.8) is 0 Å². The highest BCUT2D eigenvalue weighted by atomic mass is 35.5. The summed E-state index contributed by atoms with van der Waals surface area (Å²) in [4.78, 5) is 14.3. The van der Waals surface area contributed by atoms with Crippen LogP contribution in [0, 0.1) is 10.1 Å². The Kier molecular flexibility index (Phi) is 3.12. The number of nitro groups is 1. The molecule has 0 bridgehead atoms. The van der Waals surface area contributed by atoms with E-state index in [1.807, 2.05) is 22.9 Å². The molecule has 3 rings (SSSR count). The summed E-state index contributed by atoms with van der Waals surface area (Å²) in [6.07, 6.45) is 5.19. The predicted octanol–water partition coefficient (Wildman–Crippen LogP) is 3.65. The lowest BCUT2D eigenvalue weighted by Crippen LogP contribution is -1.99. The van der Waals surface area contributed by atoms with Gasteiger partial charge in [-0.05, 0) is 23.8 Å². The van der Waals surface area contributed by atoms with E-state index in [1.54, 1.807) is 24.5 Å². The molecule has 20 heavy (non-hydrogen) atoms. The van der Waals surface area contributed by atoms with Gasteiger partial charge in [0.15, 0.2) is 0 Å². The summed E-state index contributed by atoms with van der Waals surface area (Å²) in [5, 5.41) is 12.2. The number of hydrogen-bond acceptors (Lipinski definition) is 3. The quantitative estimate of drug-likeness (QED) is 0.546. The van der Waals surface area contributed by atoms with Crippen LogP contribution in [0.4, 0.5) is 5.69 Å². The number of halogens is 1. The summed E-state index contributed by atoms with van der Waals surface area (Å²) < 4.78 is 2.00. The zero-order valence-corrected chi connectivity index (χ0v) is 11.1. The van der Waals surface area contributed by atoms with Gasteiger partial charge in [-0.3, -0.25) is 15.1 Å². The van der Waals surface area contributed by atoms with Crippen LogP contribution in [0.3, 0.4) is 0 Å². The van der Waals surface area contributed by atoms with Crippen molar-refractivity contribution in [2.24, 2.45) is 0 Å². The molecule has 0 N–H and O–H groups in total. The molecule has 5 nitrogen and oxygen atoms in total. The molecule has 100 valence electrons. The Hall–Kier alpha value is -2.40. The first-order valence-corrected chi connectivity index (χ1v) is 6.34. The van der Waals surface area contributed by atoms with Crippen LogP contribution in [-0.4, -0.2) is 14.5 Å². The normalized spacial score (nSPS) is 10.8. The zero-order chi connectivity index (χ0) is 14.1. The van der Waals surface area contributed by atoms with Crippen LogP contribution >= 0.6 is 11.6 Å². The average molecular weight is 288 g/mol. The Balaban J connectivity index is 2.01. The average Bonchev–Trinajstić information content (AvgIpc) is 2.84. The maximum atomic E-state index is 10.8. The number of non-ortho nitro benzene ring substituents is 1. The molecule has 0 saturated heterocycles. The lowest BCUT2D eigenvalue weighted by atomic mass is 10.2. The van der Waals surface area contributed by atoms with E-state index in [2.05, 4.69) is 4.98 Å². The fourth-order valence-corrected chi connectivity index (χ4v) is 2.33. The van der Waals surface area contributed by atoms with E-state index in [4.69, 9.17) is 11.6 Å². The topological polar surface area (TPSA) is 61.0 Å². The van der Waals surface area contributed by atoms with Crippen molar-refractivity contribution in [1.29, 1.82) is 0 Å². The fraction of sp³-hybridized carbons (Fsp3) is 0.0714. The van der Waals surface area contributed by atoms with Crippen LogP contribution in [0.2, 0.25) is 5.02 Å². The van der Waals surface area contributed by atoms with Gasteiger partial charge < -0.3 is 4.57 Å². The van der Waals surface area contributed by atoms with Crippen LogP contribution in [0.1, 0.15) is 5.56 Å². The highest BCUT2D eigenvalue weighted by Gasteiger charge is 2.09. The summed E-state index contributed by atoms with van der Waals surface area (Å²) in [5.74, 6) is 0. The highest BCUT2D eigenvalue weighted by Crippen LogP contribution is 2.24. The molecule has 0 unspecified atom stereocenters. The van der Waals surface area contributed by atoms with Crippen LogP contribution in [0.15, 0.2) is 48.9 Å². The highest BCUT2D eigenvalue weighted by molar-refractivity contribution is 6.31. The second-order valence-corrected chi connectivity index (χ2v) is 4.82. The third-order valence-corrected chi connectivity index (χ3v) is 3.50. The summed E-state index contributed by atoms with van der Waals surface area (Å²) >= 11 is 6.09. The molecule has 2 heterocycles. The van der Waals surface area contributed by atoms with E-state index in [9.17, 15) is 10.1 Å². The molecule has 3 aromatic rings. The Morgan fingerprint density at radius 2 is 2.15 bits per heavy atom. The van der Waals surface area contributed by atoms with Crippen molar-refractivity contribution in [1.82, 2.24) is 9.55 Å². The van der Waals surface area contributed by atoms with E-state index >= 15 is 0 Å². The summed E-state index contributed by atoms with van der Waals surface area (Å²) in [6.45, 7) is 0.600. The van der Waals surface area contributed by atoms with Gasteiger partial charge in [0.2, 0.25) is 0 Å². The molecule has 0 aliphatic rings. The largest absolute Gasteiger partial charge is 0.343 e. The standard InChI is InChI=1S/C14H10ClN3O2/c15-13-8-16-5-3-11(13)9-17-6-4-10-7-12(18(19)20)1-2-14(10)17/h1-8H,9H2. The number of pyridine rings is 1. The first kappa shape index (κ1) is 12.6. The van der Waals surface area contributed by atoms with Crippen LogP contribution < -0.4 is 0 Å². The van der Waals surface area contributed by atoms with Crippen LogP contribution in [-0.2, 0) is 6.54 Å². The lowest BCUT2D eigenvalue weighted by Gasteiger charge is -2.07. The van der Waals surface area contributed by atoms with Crippen molar-refractivity contribution in [3.8, 4) is 0 Å². The minimum absolute atomic E-state index is 0.0946. The van der Waals surface area contributed by atoms with Crippen LogP contribution in [0.25, 0.3) is 10.9 Å². The van der Waals surface area contributed by atoms with E-state index in [-0.39, 0.29) is 5.69 Å². The number of nitrogens with zero attached hydrogens (tertiary/aromatic N) is 3. The Labute approximate surface area is 119 Å². The van der Waals surface area contributed by atoms with Gasteiger partial charge in [0.25, 0.3) is 5.69 Å². The SMILES string of the molecule is O=[N+]([O-])c1ccc2c(ccn2Cc2ccncc2Cl)c1. The Morgan fingerprint density at radius 1 is 1.30 bits per heavy atom. The number of hydrogen-bond donors (Lipinski definition) is 0. The van der Waals surface area contributed by atoms with E-state index in [0.717, 1.165) is 16.5 Å². The van der Waals surface area contributed by atoms with Crippen molar-refractivity contribution in [3.05, 3.63) is 69.6 Å². The van der Waals surface area contributed by atoms with Crippen molar-refractivity contribution in [2.45, 2.75) is 6.54 Å². The number of fused-ring (bicyclic) bond motifs is 1. The second kappa shape index (κ2) is 4.94. The summed E-state index contributed by atoms with van der Waals surface area (Å²) in [6, 6.07) is 8.55. The maximum absolute atomic E-state index is 10.8. The number of nitro benzene ring substituents is 1. The minimum Gasteiger partial charge on any atom is -0.343 e. The number of rotatable bonds is 3. The molecular formula is C14H10ClN3O2. The van der Waals surface area contributed by atoms with Gasteiger partial charge in [0.05, 0.1) is 9.95 Å². The maximum Gasteiger partial charge on any atom is 0.270 e. The Bertz CT molecular complexity index is 798. The third-order valence-electron chi connectivity index (χ3n) is 3.16. The molecule has 0 spiro atoms. The fourth-order valence-electron chi connectivity index (χ4n) is 2.15. The molecule has 0 radical (unpaired) electrons. The van der Waals surface area contributed by atoms with Gasteiger partial charge in [-0.15, -0.1) is 0 Å². The van der Waals surface area contributed by atoms with E-state index in [1.165, 1.54) is 6.07 Å². The molecule has 0 aliphatic carbocycles. The third kappa shape index (κ3) is 2.23. The molecule has 0 aliphatic heterocycles. The van der Waals surface area contributed by atoms with Crippen molar-refractivity contribution < 1.29 is 4.92 Å². The van der Waals surface area contributed by atoms with Crippen molar-refractivity contribution in [2.75, 3.05) is 0 Å². The van der Waals surface area contributed by atoms with E-state index < -0.39 is 4.92 Å². The van der Waals surface area contributed by atoms with Gasteiger partial charge in [-0.2, -0.15) is 0 Å². The monoisotopic (exact) mass is 287 g/mol. The smallest absolute Gasteiger partial charge is 0.270 e. The van der Waals surface area contributed by atoms with Gasteiger partial charge in [-0.1, -0.05) is 11.6 Å². The molecule has 0 amide bonds. The number of aromatic nitrogens is 2. The van der Waals surface area contributed by atoms with E-state index in [0.29, 0.717) is 11.6 Å².